The largest absolute Gasteiger partial charge is 0.301 e. The topological polar surface area (TPSA) is 6.48 Å². The molecule has 1 aromatic rings. The van der Waals surface area contributed by atoms with Crippen molar-refractivity contribution in [1.29, 1.82) is 0 Å². The average molecular weight is 329 g/mol. The molecule has 1 unspecified atom stereocenters. The zero-order valence-corrected chi connectivity index (χ0v) is 13.3. The molecule has 0 N–H and O–H groups in total. The normalized spacial score (nSPS) is 20.4. The summed E-state index contributed by atoms with van der Waals surface area (Å²) in [6, 6.07) is 5.77. The molecule has 1 fully saturated rings. The van der Waals surface area contributed by atoms with Crippen LogP contribution in [0.25, 0.3) is 0 Å². The second kappa shape index (κ2) is 6.82. The third-order valence-corrected chi connectivity index (χ3v) is 4.26. The van der Waals surface area contributed by atoms with Gasteiger partial charge in [0, 0.05) is 23.6 Å². The van der Waals surface area contributed by atoms with Gasteiger partial charge in [-0.25, -0.2) is 4.39 Å². The molecule has 106 valence electrons. The molecular weight excluding hydrogens is 307 g/mol. The lowest BCUT2D eigenvalue weighted by Gasteiger charge is -2.27. The number of nitrogens with zero attached hydrogens (tertiary/aromatic N) is 2. The van der Waals surface area contributed by atoms with Crippen molar-refractivity contribution in [2.24, 2.45) is 0 Å². The van der Waals surface area contributed by atoms with Crippen LogP contribution in [0.3, 0.4) is 0 Å². The number of likely N-dealkylation sites (N-methyl/N-ethyl adjacent to an activating group) is 2. The fourth-order valence-electron chi connectivity index (χ4n) is 2.96. The van der Waals surface area contributed by atoms with Crippen LogP contribution in [0.15, 0.2) is 22.7 Å². The van der Waals surface area contributed by atoms with E-state index in [0.717, 1.165) is 29.7 Å². The minimum atomic E-state index is -0.172. The van der Waals surface area contributed by atoms with Gasteiger partial charge in [0.2, 0.25) is 0 Å². The number of likely N-dealkylation sites (tertiary alicyclic amines) is 1. The number of rotatable bonds is 5. The number of halogens is 2. The van der Waals surface area contributed by atoms with E-state index in [-0.39, 0.29) is 5.82 Å². The maximum atomic E-state index is 13.3. The van der Waals surface area contributed by atoms with Gasteiger partial charge in [0.1, 0.15) is 5.82 Å². The lowest BCUT2D eigenvalue weighted by molar-refractivity contribution is 0.194. The Balaban J connectivity index is 1.91. The summed E-state index contributed by atoms with van der Waals surface area (Å²) < 4.78 is 14.2. The van der Waals surface area contributed by atoms with E-state index in [9.17, 15) is 4.39 Å². The smallest absolute Gasteiger partial charge is 0.124 e. The van der Waals surface area contributed by atoms with Crippen LogP contribution in [0.2, 0.25) is 0 Å². The predicted molar refractivity (Wildman–Crippen MR) is 80.7 cm³/mol. The van der Waals surface area contributed by atoms with Crippen LogP contribution >= 0.6 is 15.9 Å². The van der Waals surface area contributed by atoms with Gasteiger partial charge < -0.3 is 4.90 Å². The van der Waals surface area contributed by atoms with Crippen LogP contribution in [0.1, 0.15) is 25.3 Å². The second-order valence-corrected chi connectivity index (χ2v) is 6.31. The Morgan fingerprint density at radius 1 is 1.42 bits per heavy atom. The van der Waals surface area contributed by atoms with Crippen molar-refractivity contribution in [3.63, 3.8) is 0 Å². The summed E-state index contributed by atoms with van der Waals surface area (Å²) in [5, 5.41) is 0. The molecule has 4 heteroatoms. The molecule has 0 radical (unpaired) electrons. The van der Waals surface area contributed by atoms with Gasteiger partial charge in [-0.15, -0.1) is 0 Å². The zero-order valence-electron chi connectivity index (χ0n) is 11.7. The third-order valence-electron chi connectivity index (χ3n) is 3.80. The Hall–Kier alpha value is -0.450. The van der Waals surface area contributed by atoms with E-state index in [0.29, 0.717) is 6.04 Å². The first-order valence-electron chi connectivity index (χ1n) is 6.96. The molecule has 1 atom stereocenters. The van der Waals surface area contributed by atoms with Gasteiger partial charge in [-0.1, -0.05) is 22.9 Å². The molecule has 0 aromatic heterocycles. The molecule has 2 nitrogen and oxygen atoms in total. The molecule has 0 spiro atoms. The summed E-state index contributed by atoms with van der Waals surface area (Å²) in [6.07, 6.45) is 2.59. The van der Waals surface area contributed by atoms with Gasteiger partial charge in [0.25, 0.3) is 0 Å². The van der Waals surface area contributed by atoms with Crippen LogP contribution in [-0.4, -0.2) is 42.5 Å². The van der Waals surface area contributed by atoms with Crippen LogP contribution < -0.4 is 0 Å². The fraction of sp³-hybridized carbons (Fsp3) is 0.600. The van der Waals surface area contributed by atoms with Crippen molar-refractivity contribution >= 4 is 15.9 Å². The van der Waals surface area contributed by atoms with Gasteiger partial charge in [-0.3, -0.25) is 4.90 Å². The summed E-state index contributed by atoms with van der Waals surface area (Å²) >= 11 is 3.35. The molecule has 19 heavy (non-hydrogen) atoms. The quantitative estimate of drug-likeness (QED) is 0.816. The van der Waals surface area contributed by atoms with Crippen molar-refractivity contribution in [1.82, 2.24) is 9.80 Å². The van der Waals surface area contributed by atoms with Gasteiger partial charge in [-0.05, 0) is 56.7 Å². The maximum Gasteiger partial charge on any atom is 0.124 e. The standard InChI is InChI=1S/C15H22BrFN2/c1-3-19-6-4-5-15(19)11-18(2)10-12-7-13(16)9-14(17)8-12/h7-9,15H,3-6,10-11H2,1-2H3. The van der Waals surface area contributed by atoms with Crippen LogP contribution in [0.5, 0.6) is 0 Å². The monoisotopic (exact) mass is 328 g/mol. The predicted octanol–water partition coefficient (Wildman–Crippen LogP) is 3.50. The molecule has 1 saturated heterocycles. The minimum Gasteiger partial charge on any atom is -0.301 e. The molecule has 1 heterocycles. The van der Waals surface area contributed by atoms with E-state index in [4.69, 9.17) is 0 Å². The molecule has 1 aliphatic heterocycles. The Bertz CT molecular complexity index is 404. The molecular formula is C15H22BrFN2. The third kappa shape index (κ3) is 4.26. The van der Waals surface area contributed by atoms with Crippen molar-refractivity contribution in [3.8, 4) is 0 Å². The van der Waals surface area contributed by atoms with E-state index in [1.54, 1.807) is 6.07 Å². The van der Waals surface area contributed by atoms with Gasteiger partial charge >= 0.3 is 0 Å². The molecule has 0 saturated carbocycles. The average Bonchev–Trinajstić information content (AvgIpc) is 2.74. The SMILES string of the molecule is CCN1CCCC1CN(C)Cc1cc(F)cc(Br)c1. The lowest BCUT2D eigenvalue weighted by atomic mass is 10.1. The molecule has 1 aromatic carbocycles. The highest BCUT2D eigenvalue weighted by molar-refractivity contribution is 9.10. The number of hydrogen-bond donors (Lipinski definition) is 0. The molecule has 2 rings (SSSR count). The first-order valence-corrected chi connectivity index (χ1v) is 7.75. The van der Waals surface area contributed by atoms with Crippen LogP contribution in [0.4, 0.5) is 4.39 Å². The molecule has 1 aliphatic rings. The van der Waals surface area contributed by atoms with E-state index in [1.165, 1.54) is 25.5 Å². The molecule has 0 aliphatic carbocycles. The van der Waals surface area contributed by atoms with Gasteiger partial charge in [-0.2, -0.15) is 0 Å². The summed E-state index contributed by atoms with van der Waals surface area (Å²) in [5.41, 5.74) is 1.02. The van der Waals surface area contributed by atoms with Crippen molar-refractivity contribution < 1.29 is 4.39 Å². The van der Waals surface area contributed by atoms with E-state index in [1.807, 2.05) is 6.07 Å². The van der Waals surface area contributed by atoms with Crippen molar-refractivity contribution in [2.45, 2.75) is 32.4 Å². The van der Waals surface area contributed by atoms with Crippen molar-refractivity contribution in [2.75, 3.05) is 26.7 Å². The van der Waals surface area contributed by atoms with Crippen LogP contribution in [-0.2, 0) is 6.54 Å². The summed E-state index contributed by atoms with van der Waals surface area (Å²) in [5.74, 6) is -0.172. The lowest BCUT2D eigenvalue weighted by Crippen LogP contribution is -2.38. The summed E-state index contributed by atoms with van der Waals surface area (Å²) in [7, 11) is 2.12. The van der Waals surface area contributed by atoms with E-state index < -0.39 is 0 Å². The zero-order chi connectivity index (χ0) is 13.8. The van der Waals surface area contributed by atoms with E-state index >= 15 is 0 Å². The first-order chi connectivity index (χ1) is 9.08. The second-order valence-electron chi connectivity index (χ2n) is 5.40. The summed E-state index contributed by atoms with van der Waals surface area (Å²) in [6.45, 7) is 6.43. The Kier molecular flexibility index (Phi) is 5.37. The highest BCUT2D eigenvalue weighted by atomic mass is 79.9. The maximum absolute atomic E-state index is 13.3. The Morgan fingerprint density at radius 3 is 2.89 bits per heavy atom. The fourth-order valence-corrected chi connectivity index (χ4v) is 3.47. The summed E-state index contributed by atoms with van der Waals surface area (Å²) in [4.78, 5) is 4.83. The number of benzene rings is 1. The van der Waals surface area contributed by atoms with E-state index in [2.05, 4.69) is 39.7 Å². The molecule has 0 amide bonds. The Morgan fingerprint density at radius 2 is 2.21 bits per heavy atom. The van der Waals surface area contributed by atoms with Gasteiger partial charge in [0.05, 0.1) is 0 Å². The highest BCUT2D eigenvalue weighted by Crippen LogP contribution is 2.19. The van der Waals surface area contributed by atoms with Crippen molar-refractivity contribution in [3.05, 3.63) is 34.1 Å². The first kappa shape index (κ1) is 14.9. The Labute approximate surface area is 123 Å². The highest BCUT2D eigenvalue weighted by Gasteiger charge is 2.23. The molecule has 0 bridgehead atoms. The number of hydrogen-bond acceptors (Lipinski definition) is 2. The van der Waals surface area contributed by atoms with Crippen LogP contribution in [0, 0.1) is 5.82 Å². The minimum absolute atomic E-state index is 0.172. The van der Waals surface area contributed by atoms with Gasteiger partial charge in [0.15, 0.2) is 0 Å².